The molecular formula is C16H23N3. The Morgan fingerprint density at radius 3 is 2.32 bits per heavy atom. The van der Waals surface area contributed by atoms with Crippen molar-refractivity contribution in [2.45, 2.75) is 39.5 Å². The molecular weight excluding hydrogens is 234 g/mol. The molecule has 0 aliphatic rings. The molecule has 0 saturated heterocycles. The average molecular weight is 257 g/mol. The van der Waals surface area contributed by atoms with Crippen LogP contribution in [-0.2, 0) is 0 Å². The van der Waals surface area contributed by atoms with Crippen LogP contribution < -0.4 is 5.73 Å². The third-order valence-corrected chi connectivity index (χ3v) is 3.57. The summed E-state index contributed by atoms with van der Waals surface area (Å²) >= 11 is 0. The average Bonchev–Trinajstić information content (AvgIpc) is 2.80. The molecule has 0 fully saturated rings. The summed E-state index contributed by atoms with van der Waals surface area (Å²) in [6.07, 6.45) is 0. The van der Waals surface area contributed by atoms with Crippen molar-refractivity contribution in [3.63, 3.8) is 0 Å². The van der Waals surface area contributed by atoms with E-state index < -0.39 is 0 Å². The summed E-state index contributed by atoms with van der Waals surface area (Å²) in [6, 6.07) is 8.66. The Bertz CT molecular complexity index is 538. The van der Waals surface area contributed by atoms with E-state index in [0.29, 0.717) is 12.5 Å². The van der Waals surface area contributed by atoms with E-state index in [4.69, 9.17) is 5.73 Å². The van der Waals surface area contributed by atoms with E-state index in [1.165, 1.54) is 5.56 Å². The lowest BCUT2D eigenvalue weighted by Crippen LogP contribution is -2.10. The van der Waals surface area contributed by atoms with Crippen LogP contribution in [0.5, 0.6) is 0 Å². The molecule has 2 rings (SSSR count). The van der Waals surface area contributed by atoms with Crippen LogP contribution in [0.4, 0.5) is 0 Å². The maximum Gasteiger partial charge on any atom is 0.111 e. The number of nitrogens with zero attached hydrogens (tertiary/aromatic N) is 1. The Morgan fingerprint density at radius 1 is 1.16 bits per heavy atom. The van der Waals surface area contributed by atoms with E-state index in [1.807, 2.05) is 0 Å². The van der Waals surface area contributed by atoms with Gasteiger partial charge in [0.05, 0.1) is 5.69 Å². The van der Waals surface area contributed by atoms with Gasteiger partial charge in [-0.2, -0.15) is 0 Å². The van der Waals surface area contributed by atoms with E-state index in [2.05, 4.69) is 61.9 Å². The largest absolute Gasteiger partial charge is 0.345 e. The Kier molecular flexibility index (Phi) is 4.05. The third-order valence-electron chi connectivity index (χ3n) is 3.57. The minimum Gasteiger partial charge on any atom is -0.345 e. The fourth-order valence-corrected chi connectivity index (χ4v) is 2.14. The number of H-pyrrole nitrogens is 1. The van der Waals surface area contributed by atoms with Crippen LogP contribution in [0.3, 0.4) is 0 Å². The maximum atomic E-state index is 5.70. The van der Waals surface area contributed by atoms with Gasteiger partial charge in [0.2, 0.25) is 0 Å². The van der Waals surface area contributed by atoms with Gasteiger partial charge in [0.1, 0.15) is 5.82 Å². The van der Waals surface area contributed by atoms with Crippen molar-refractivity contribution in [1.82, 2.24) is 9.97 Å². The predicted octanol–water partition coefficient (Wildman–Crippen LogP) is 3.57. The molecule has 2 aromatic rings. The summed E-state index contributed by atoms with van der Waals surface area (Å²) in [5.41, 5.74) is 10.3. The zero-order valence-corrected chi connectivity index (χ0v) is 12.2. The molecule has 3 nitrogen and oxygen atoms in total. The number of benzene rings is 1. The molecule has 3 heteroatoms. The summed E-state index contributed by atoms with van der Waals surface area (Å²) in [7, 11) is 0. The molecule has 1 atom stereocenters. The van der Waals surface area contributed by atoms with Crippen LogP contribution in [0.15, 0.2) is 24.3 Å². The van der Waals surface area contributed by atoms with Gasteiger partial charge in [-0.25, -0.2) is 4.98 Å². The highest BCUT2D eigenvalue weighted by molar-refractivity contribution is 5.62. The topological polar surface area (TPSA) is 54.7 Å². The van der Waals surface area contributed by atoms with Crippen molar-refractivity contribution in [3.8, 4) is 11.3 Å². The summed E-state index contributed by atoms with van der Waals surface area (Å²) in [5.74, 6) is 1.80. The van der Waals surface area contributed by atoms with Crippen molar-refractivity contribution in [2.75, 3.05) is 6.54 Å². The van der Waals surface area contributed by atoms with Crippen molar-refractivity contribution in [3.05, 3.63) is 41.3 Å². The van der Waals surface area contributed by atoms with E-state index in [1.54, 1.807) is 0 Å². The Hall–Kier alpha value is -1.61. The van der Waals surface area contributed by atoms with Crippen molar-refractivity contribution in [1.29, 1.82) is 0 Å². The first kappa shape index (κ1) is 13.8. The number of aryl methyl sites for hydroxylation is 1. The number of imidazole rings is 1. The highest BCUT2D eigenvalue weighted by atomic mass is 14.9. The Labute approximate surface area is 115 Å². The van der Waals surface area contributed by atoms with Gasteiger partial charge in [-0.15, -0.1) is 0 Å². The monoisotopic (exact) mass is 257 g/mol. The number of aromatic nitrogens is 2. The number of nitrogens with two attached hydrogens (primary N) is 1. The number of hydrogen-bond acceptors (Lipinski definition) is 2. The molecule has 0 saturated carbocycles. The van der Waals surface area contributed by atoms with Crippen molar-refractivity contribution < 1.29 is 0 Å². The second-order valence-corrected chi connectivity index (χ2v) is 5.51. The number of hydrogen-bond donors (Lipinski definition) is 2. The normalized spacial score (nSPS) is 12.9. The molecule has 1 heterocycles. The van der Waals surface area contributed by atoms with E-state index in [9.17, 15) is 0 Å². The first-order chi connectivity index (χ1) is 9.02. The summed E-state index contributed by atoms with van der Waals surface area (Å²) in [5, 5.41) is 0. The lowest BCUT2D eigenvalue weighted by atomic mass is 10.0. The van der Waals surface area contributed by atoms with Gasteiger partial charge in [0, 0.05) is 23.7 Å². The lowest BCUT2D eigenvalue weighted by Gasteiger charge is -2.06. The first-order valence-corrected chi connectivity index (χ1v) is 6.89. The number of aromatic amines is 1. The van der Waals surface area contributed by atoms with Crippen LogP contribution in [0.2, 0.25) is 0 Å². The minimum absolute atomic E-state index is 0.266. The van der Waals surface area contributed by atoms with Crippen molar-refractivity contribution in [2.24, 2.45) is 5.73 Å². The molecule has 102 valence electrons. The predicted molar refractivity (Wildman–Crippen MR) is 80.3 cm³/mol. The van der Waals surface area contributed by atoms with Crippen LogP contribution >= 0.6 is 0 Å². The van der Waals surface area contributed by atoms with Gasteiger partial charge in [-0.1, -0.05) is 45.0 Å². The van der Waals surface area contributed by atoms with Gasteiger partial charge >= 0.3 is 0 Å². The fourth-order valence-electron chi connectivity index (χ4n) is 2.14. The Balaban J connectivity index is 2.33. The second kappa shape index (κ2) is 5.57. The van der Waals surface area contributed by atoms with Gasteiger partial charge in [-0.05, 0) is 18.4 Å². The summed E-state index contributed by atoms with van der Waals surface area (Å²) in [6.45, 7) is 9.17. The van der Waals surface area contributed by atoms with Crippen LogP contribution in [0.25, 0.3) is 11.3 Å². The molecule has 0 spiro atoms. The molecule has 19 heavy (non-hydrogen) atoms. The van der Waals surface area contributed by atoms with Gasteiger partial charge in [0.25, 0.3) is 0 Å². The lowest BCUT2D eigenvalue weighted by molar-refractivity contribution is 0.723. The molecule has 0 aliphatic heterocycles. The molecule has 1 aromatic carbocycles. The number of nitrogens with one attached hydrogen (secondary N) is 1. The Morgan fingerprint density at radius 2 is 1.79 bits per heavy atom. The zero-order chi connectivity index (χ0) is 14.0. The molecule has 0 bridgehead atoms. The molecule has 1 aromatic heterocycles. The smallest absolute Gasteiger partial charge is 0.111 e. The van der Waals surface area contributed by atoms with Gasteiger partial charge in [0.15, 0.2) is 0 Å². The van der Waals surface area contributed by atoms with E-state index >= 15 is 0 Å². The number of rotatable bonds is 4. The second-order valence-electron chi connectivity index (χ2n) is 5.51. The van der Waals surface area contributed by atoms with Crippen LogP contribution in [0.1, 0.15) is 49.7 Å². The molecule has 3 N–H and O–H groups in total. The van der Waals surface area contributed by atoms with E-state index in [0.717, 1.165) is 22.8 Å². The highest BCUT2D eigenvalue weighted by Gasteiger charge is 2.13. The molecule has 0 amide bonds. The standard InChI is InChI=1S/C16H23N3/c1-10(2)13-5-7-14(8-6-13)15-12(4)18-16(19-15)11(3)9-17/h5-8,10-11H,9,17H2,1-4H3,(H,18,19). The third kappa shape index (κ3) is 2.87. The quantitative estimate of drug-likeness (QED) is 0.879. The molecule has 1 unspecified atom stereocenters. The summed E-state index contributed by atoms with van der Waals surface area (Å²) < 4.78 is 0. The fraction of sp³-hybridized carbons (Fsp3) is 0.438. The zero-order valence-electron chi connectivity index (χ0n) is 12.2. The summed E-state index contributed by atoms with van der Waals surface area (Å²) in [4.78, 5) is 8.03. The molecule has 0 radical (unpaired) electrons. The highest BCUT2D eigenvalue weighted by Crippen LogP contribution is 2.25. The van der Waals surface area contributed by atoms with Crippen LogP contribution in [0, 0.1) is 6.92 Å². The SMILES string of the molecule is Cc1[nH]c(C(C)CN)nc1-c1ccc(C(C)C)cc1. The van der Waals surface area contributed by atoms with Gasteiger partial charge in [-0.3, -0.25) is 0 Å². The van der Waals surface area contributed by atoms with Gasteiger partial charge < -0.3 is 10.7 Å². The van der Waals surface area contributed by atoms with Crippen LogP contribution in [-0.4, -0.2) is 16.5 Å². The maximum absolute atomic E-state index is 5.70. The van der Waals surface area contributed by atoms with E-state index in [-0.39, 0.29) is 5.92 Å². The minimum atomic E-state index is 0.266. The molecule has 0 aliphatic carbocycles. The first-order valence-electron chi connectivity index (χ1n) is 6.89. The van der Waals surface area contributed by atoms with Crippen molar-refractivity contribution >= 4 is 0 Å².